The van der Waals surface area contributed by atoms with Gasteiger partial charge in [0.15, 0.2) is 5.84 Å². The molecule has 0 amide bonds. The molecule has 2 heterocycles. The van der Waals surface area contributed by atoms with Gasteiger partial charge in [-0.25, -0.2) is 5.01 Å². The average Bonchev–Trinajstić information content (AvgIpc) is 2.88. The van der Waals surface area contributed by atoms with Crippen LogP contribution in [0.1, 0.15) is 18.9 Å². The van der Waals surface area contributed by atoms with Crippen LogP contribution in [0, 0.1) is 0 Å². The lowest BCUT2D eigenvalue weighted by Gasteiger charge is -2.18. The van der Waals surface area contributed by atoms with E-state index >= 15 is 0 Å². The van der Waals surface area contributed by atoms with Gasteiger partial charge in [-0.15, -0.1) is 0 Å². The maximum absolute atomic E-state index is 5.67. The molecule has 0 unspecified atom stereocenters. The summed E-state index contributed by atoms with van der Waals surface area (Å²) >= 11 is 0. The van der Waals surface area contributed by atoms with Gasteiger partial charge >= 0.3 is 0 Å². The van der Waals surface area contributed by atoms with Crippen molar-refractivity contribution in [2.75, 3.05) is 18.9 Å². The molecule has 0 saturated carbocycles. The third-order valence-electron chi connectivity index (χ3n) is 3.34. The molecule has 19 heavy (non-hydrogen) atoms. The number of nitrogens with two attached hydrogens (primary N) is 1. The Labute approximate surface area is 113 Å². The molecule has 5 heteroatoms. The molecule has 1 aromatic rings. The fraction of sp³-hybridized carbons (Fsp3) is 0.357. The van der Waals surface area contributed by atoms with Crippen LogP contribution >= 0.6 is 0 Å². The van der Waals surface area contributed by atoms with Crippen molar-refractivity contribution in [1.29, 1.82) is 0 Å². The van der Waals surface area contributed by atoms with Gasteiger partial charge in [0.1, 0.15) is 6.67 Å². The lowest BCUT2D eigenvalue weighted by atomic mass is 10.1. The van der Waals surface area contributed by atoms with Crippen LogP contribution in [0.25, 0.3) is 0 Å². The first-order chi connectivity index (χ1) is 9.20. The van der Waals surface area contributed by atoms with Crippen molar-refractivity contribution >= 4 is 11.5 Å². The third kappa shape index (κ3) is 2.65. The number of allylic oxidation sites excluding steroid dienone is 1. The van der Waals surface area contributed by atoms with Crippen LogP contribution in [0.15, 0.2) is 41.1 Å². The van der Waals surface area contributed by atoms with Gasteiger partial charge < -0.3 is 5.73 Å². The third-order valence-corrected chi connectivity index (χ3v) is 3.34. The highest BCUT2D eigenvalue weighted by Crippen LogP contribution is 2.15. The van der Waals surface area contributed by atoms with Crippen molar-refractivity contribution in [3.8, 4) is 0 Å². The molecule has 0 bridgehead atoms. The Kier molecular flexibility index (Phi) is 3.03. The van der Waals surface area contributed by atoms with Crippen molar-refractivity contribution in [1.82, 2.24) is 15.4 Å². The molecule has 0 aliphatic carbocycles. The topological polar surface area (TPSA) is 56.9 Å². The quantitative estimate of drug-likeness (QED) is 0.803. The van der Waals surface area contributed by atoms with Gasteiger partial charge in [0.05, 0.1) is 0 Å². The highest BCUT2D eigenvalue weighted by Gasteiger charge is 2.25. The molecule has 0 saturated heterocycles. The zero-order valence-corrected chi connectivity index (χ0v) is 11.1. The van der Waals surface area contributed by atoms with Crippen molar-refractivity contribution in [2.24, 2.45) is 5.10 Å². The maximum atomic E-state index is 5.67. The molecular formula is C14H19N5. The predicted molar refractivity (Wildman–Crippen MR) is 76.9 cm³/mol. The molecule has 2 aliphatic heterocycles. The molecule has 3 rings (SSSR count). The predicted octanol–water partition coefficient (Wildman–Crippen LogP) is 1.51. The molecule has 100 valence electrons. The van der Waals surface area contributed by atoms with Crippen molar-refractivity contribution in [3.63, 3.8) is 0 Å². The average molecular weight is 257 g/mol. The summed E-state index contributed by atoms with van der Waals surface area (Å²) in [7, 11) is 0. The number of nitrogens with zero attached hydrogens (tertiary/aromatic N) is 3. The van der Waals surface area contributed by atoms with Crippen molar-refractivity contribution in [2.45, 2.75) is 19.8 Å². The number of nitrogen functional groups attached to an aromatic ring is 1. The van der Waals surface area contributed by atoms with Crippen molar-refractivity contribution < 1.29 is 0 Å². The molecule has 0 radical (unpaired) electrons. The molecule has 1 aromatic carbocycles. The van der Waals surface area contributed by atoms with Gasteiger partial charge in [-0.2, -0.15) is 5.10 Å². The second kappa shape index (κ2) is 4.84. The fourth-order valence-corrected chi connectivity index (χ4v) is 2.38. The van der Waals surface area contributed by atoms with Gasteiger partial charge in [-0.1, -0.05) is 12.1 Å². The minimum atomic E-state index is 0.823. The molecule has 0 atom stereocenters. The number of hydrogen-bond acceptors (Lipinski definition) is 5. The smallest absolute Gasteiger partial charge is 0.170 e. The molecule has 3 N–H and O–H groups in total. The fourth-order valence-electron chi connectivity index (χ4n) is 2.38. The zero-order chi connectivity index (χ0) is 13.2. The van der Waals surface area contributed by atoms with Crippen LogP contribution in [-0.4, -0.2) is 29.1 Å². The zero-order valence-electron chi connectivity index (χ0n) is 11.1. The van der Waals surface area contributed by atoms with Gasteiger partial charge in [-0.05, 0) is 37.5 Å². The van der Waals surface area contributed by atoms with E-state index < -0.39 is 0 Å². The number of fused-ring (bicyclic) bond motifs is 1. The Bertz CT molecular complexity index is 517. The summed E-state index contributed by atoms with van der Waals surface area (Å²) in [5.41, 5.74) is 12.2. The van der Waals surface area contributed by atoms with Gasteiger partial charge in [-0.3, -0.25) is 10.4 Å². The number of amidine groups is 1. The number of aryl methyl sites for hydroxylation is 1. The number of rotatable bonds is 4. The summed E-state index contributed by atoms with van der Waals surface area (Å²) in [5.74, 6) is 1.02. The molecular weight excluding hydrogens is 238 g/mol. The summed E-state index contributed by atoms with van der Waals surface area (Å²) in [4.78, 5) is 0. The number of nitrogens with one attached hydrogen (secondary N) is 1. The Morgan fingerprint density at radius 3 is 2.84 bits per heavy atom. The van der Waals surface area contributed by atoms with E-state index in [-0.39, 0.29) is 0 Å². The summed E-state index contributed by atoms with van der Waals surface area (Å²) in [5, 5.41) is 8.73. The minimum Gasteiger partial charge on any atom is -0.399 e. The highest BCUT2D eigenvalue weighted by molar-refractivity contribution is 5.95. The first kappa shape index (κ1) is 11.9. The molecule has 0 aromatic heterocycles. The lowest BCUT2D eigenvalue weighted by molar-refractivity contribution is 0.209. The van der Waals surface area contributed by atoms with E-state index in [1.165, 1.54) is 5.56 Å². The Balaban J connectivity index is 1.48. The first-order valence-corrected chi connectivity index (χ1v) is 6.61. The number of hydrazine groups is 1. The lowest BCUT2D eigenvalue weighted by Crippen LogP contribution is -2.36. The number of hydrogen-bond donors (Lipinski definition) is 2. The monoisotopic (exact) mass is 257 g/mol. The Morgan fingerprint density at radius 1 is 1.32 bits per heavy atom. The van der Waals surface area contributed by atoms with E-state index in [0.717, 1.165) is 43.3 Å². The van der Waals surface area contributed by atoms with Gasteiger partial charge in [0.25, 0.3) is 0 Å². The summed E-state index contributed by atoms with van der Waals surface area (Å²) in [6.07, 6.45) is 4.22. The SMILES string of the molecule is CC1=CC2=NN(CCCc3ccc(N)cc3)CN2N1. The van der Waals surface area contributed by atoms with Crippen LogP contribution in [0.4, 0.5) is 5.69 Å². The Morgan fingerprint density at radius 2 is 2.11 bits per heavy atom. The molecule has 0 fully saturated rings. The number of benzene rings is 1. The van der Waals surface area contributed by atoms with E-state index in [9.17, 15) is 0 Å². The van der Waals surface area contributed by atoms with Crippen LogP contribution in [-0.2, 0) is 6.42 Å². The highest BCUT2D eigenvalue weighted by atomic mass is 15.7. The molecule has 5 nitrogen and oxygen atoms in total. The van der Waals surface area contributed by atoms with Crippen LogP contribution < -0.4 is 11.2 Å². The van der Waals surface area contributed by atoms with E-state index in [1.54, 1.807) is 0 Å². The number of hydrazone groups is 1. The van der Waals surface area contributed by atoms with Crippen LogP contribution in [0.3, 0.4) is 0 Å². The van der Waals surface area contributed by atoms with E-state index in [0.29, 0.717) is 0 Å². The second-order valence-electron chi connectivity index (χ2n) is 5.04. The number of anilines is 1. The van der Waals surface area contributed by atoms with Crippen LogP contribution in [0.2, 0.25) is 0 Å². The summed E-state index contributed by atoms with van der Waals surface area (Å²) in [6, 6.07) is 8.10. The molecule has 0 spiro atoms. The van der Waals surface area contributed by atoms with E-state index in [4.69, 9.17) is 5.73 Å². The minimum absolute atomic E-state index is 0.823. The maximum Gasteiger partial charge on any atom is 0.170 e. The Hall–Kier alpha value is -2.17. The first-order valence-electron chi connectivity index (χ1n) is 6.61. The molecule has 2 aliphatic rings. The van der Waals surface area contributed by atoms with Crippen LogP contribution in [0.5, 0.6) is 0 Å². The standard InChI is InChI=1S/C14H19N5/c1-11-9-14-17-18(10-19(14)16-11)8-2-3-12-4-6-13(15)7-5-12/h4-7,9,16H,2-3,8,10,15H2,1H3. The van der Waals surface area contributed by atoms with E-state index in [1.807, 2.05) is 19.1 Å². The largest absolute Gasteiger partial charge is 0.399 e. The van der Waals surface area contributed by atoms with E-state index in [2.05, 4.69) is 38.8 Å². The van der Waals surface area contributed by atoms with Gasteiger partial charge in [0, 0.05) is 24.0 Å². The second-order valence-corrected chi connectivity index (χ2v) is 5.04. The normalized spacial score (nSPS) is 17.1. The van der Waals surface area contributed by atoms with Gasteiger partial charge in [0.2, 0.25) is 0 Å². The summed E-state index contributed by atoms with van der Waals surface area (Å²) < 4.78 is 0. The summed E-state index contributed by atoms with van der Waals surface area (Å²) in [6.45, 7) is 3.84. The van der Waals surface area contributed by atoms with Crippen molar-refractivity contribution in [3.05, 3.63) is 41.6 Å².